The Morgan fingerprint density at radius 3 is 2.33 bits per heavy atom. The summed E-state index contributed by atoms with van der Waals surface area (Å²) >= 11 is 6.19. The number of benzene rings is 3. The normalized spacial score (nSPS) is 12.0. The lowest BCUT2D eigenvalue weighted by Crippen LogP contribution is -2.51. The molecule has 0 spiro atoms. The van der Waals surface area contributed by atoms with Gasteiger partial charge in [0.1, 0.15) is 12.6 Å². The predicted octanol–water partition coefficient (Wildman–Crippen LogP) is 5.49. The summed E-state index contributed by atoms with van der Waals surface area (Å²) in [7, 11) is -4.10. The van der Waals surface area contributed by atoms with Gasteiger partial charge in [-0.1, -0.05) is 73.0 Å². The monoisotopic (exact) mass is 569 g/mol. The molecule has 208 valence electrons. The number of amides is 2. The number of nitrogens with zero attached hydrogens (tertiary/aromatic N) is 2. The summed E-state index contributed by atoms with van der Waals surface area (Å²) in [6, 6.07) is 19.6. The van der Waals surface area contributed by atoms with Crippen molar-refractivity contribution in [1.29, 1.82) is 0 Å². The number of anilines is 1. The zero-order valence-corrected chi connectivity index (χ0v) is 24.4. The molecular formula is C30H36ClN3O4S. The first-order chi connectivity index (χ1) is 18.5. The Morgan fingerprint density at radius 2 is 1.69 bits per heavy atom. The Morgan fingerprint density at radius 1 is 0.974 bits per heavy atom. The molecule has 0 saturated carbocycles. The minimum Gasteiger partial charge on any atom is -0.354 e. The fourth-order valence-electron chi connectivity index (χ4n) is 4.27. The van der Waals surface area contributed by atoms with Gasteiger partial charge in [-0.2, -0.15) is 0 Å². The van der Waals surface area contributed by atoms with E-state index < -0.39 is 28.5 Å². The first-order valence-electron chi connectivity index (χ1n) is 13.0. The maximum absolute atomic E-state index is 14.0. The van der Waals surface area contributed by atoms with Crippen LogP contribution in [0, 0.1) is 13.8 Å². The van der Waals surface area contributed by atoms with Crippen LogP contribution in [0.1, 0.15) is 43.4 Å². The molecule has 0 aromatic heterocycles. The van der Waals surface area contributed by atoms with Crippen molar-refractivity contribution < 1.29 is 18.0 Å². The molecule has 0 fully saturated rings. The van der Waals surface area contributed by atoms with E-state index in [4.69, 9.17) is 11.6 Å². The molecule has 2 amide bonds. The Labute approximate surface area is 236 Å². The predicted molar refractivity (Wildman–Crippen MR) is 156 cm³/mol. The molecule has 9 heteroatoms. The quantitative estimate of drug-likeness (QED) is 0.292. The summed E-state index contributed by atoms with van der Waals surface area (Å²) in [4.78, 5) is 28.5. The lowest BCUT2D eigenvalue weighted by atomic mass is 10.1. The van der Waals surface area contributed by atoms with Crippen molar-refractivity contribution in [3.63, 3.8) is 0 Å². The number of carbonyl (C=O) groups is 2. The average Bonchev–Trinajstić information content (AvgIpc) is 2.91. The molecule has 1 N–H and O–H groups in total. The molecule has 0 aliphatic heterocycles. The van der Waals surface area contributed by atoms with Crippen LogP contribution in [-0.4, -0.2) is 44.3 Å². The van der Waals surface area contributed by atoms with Gasteiger partial charge in [-0.05, 0) is 68.7 Å². The van der Waals surface area contributed by atoms with Crippen molar-refractivity contribution >= 4 is 39.1 Å². The van der Waals surface area contributed by atoms with Gasteiger partial charge in [0, 0.05) is 18.1 Å². The molecule has 0 saturated heterocycles. The second-order valence-corrected chi connectivity index (χ2v) is 11.9. The highest BCUT2D eigenvalue weighted by Crippen LogP contribution is 2.28. The minimum atomic E-state index is -4.10. The number of hydrogen-bond donors (Lipinski definition) is 1. The van der Waals surface area contributed by atoms with Crippen molar-refractivity contribution in [2.24, 2.45) is 0 Å². The van der Waals surface area contributed by atoms with Gasteiger partial charge in [0.05, 0.1) is 10.6 Å². The second kappa shape index (κ2) is 13.6. The molecule has 3 rings (SSSR count). The number of unbranched alkanes of at least 4 members (excludes halogenated alkanes) is 1. The molecule has 0 radical (unpaired) electrons. The summed E-state index contributed by atoms with van der Waals surface area (Å²) in [5.74, 6) is -0.810. The van der Waals surface area contributed by atoms with Gasteiger partial charge in [0.15, 0.2) is 0 Å². The van der Waals surface area contributed by atoms with E-state index in [2.05, 4.69) is 5.32 Å². The topological polar surface area (TPSA) is 86.8 Å². The smallest absolute Gasteiger partial charge is 0.264 e. The van der Waals surface area contributed by atoms with Crippen molar-refractivity contribution in [1.82, 2.24) is 10.2 Å². The average molecular weight is 570 g/mol. The molecule has 39 heavy (non-hydrogen) atoms. The van der Waals surface area contributed by atoms with Gasteiger partial charge in [-0.3, -0.25) is 13.9 Å². The molecule has 1 unspecified atom stereocenters. The van der Waals surface area contributed by atoms with Gasteiger partial charge in [-0.15, -0.1) is 0 Å². The van der Waals surface area contributed by atoms with Crippen LogP contribution in [0.3, 0.4) is 0 Å². The van der Waals surface area contributed by atoms with Gasteiger partial charge in [0.25, 0.3) is 10.0 Å². The summed E-state index contributed by atoms with van der Waals surface area (Å²) in [6.07, 6.45) is 1.73. The number of hydrogen-bond acceptors (Lipinski definition) is 4. The van der Waals surface area contributed by atoms with Crippen LogP contribution in [0.5, 0.6) is 0 Å². The van der Waals surface area contributed by atoms with E-state index in [-0.39, 0.29) is 17.3 Å². The number of sulfonamides is 1. The first kappa shape index (κ1) is 30.2. The third-order valence-corrected chi connectivity index (χ3v) is 8.48. The number of nitrogens with one attached hydrogen (secondary N) is 1. The zero-order chi connectivity index (χ0) is 28.6. The van der Waals surface area contributed by atoms with E-state index in [9.17, 15) is 18.0 Å². The maximum atomic E-state index is 14.0. The highest BCUT2D eigenvalue weighted by molar-refractivity contribution is 7.92. The molecule has 0 aliphatic rings. The largest absolute Gasteiger partial charge is 0.354 e. The fourth-order valence-corrected chi connectivity index (χ4v) is 5.98. The van der Waals surface area contributed by atoms with Crippen LogP contribution in [0.2, 0.25) is 5.02 Å². The Hall–Kier alpha value is -3.36. The summed E-state index contributed by atoms with van der Waals surface area (Å²) in [6.45, 7) is 7.52. The maximum Gasteiger partial charge on any atom is 0.264 e. The molecule has 3 aromatic carbocycles. The number of rotatable bonds is 12. The number of aryl methyl sites for hydroxylation is 2. The van der Waals surface area contributed by atoms with E-state index >= 15 is 0 Å². The van der Waals surface area contributed by atoms with Crippen LogP contribution >= 0.6 is 11.6 Å². The standard InChI is InChI=1S/C30H36ClN3O4S/c1-5-6-17-32-30(36)24(4)33(20-25-11-10-12-26(31)19-25)29(35)21-34(28-16-15-22(2)18-23(28)3)39(37,38)27-13-8-7-9-14-27/h7-16,18-19,24H,5-6,17,20-21H2,1-4H3,(H,32,36). The van der Waals surface area contributed by atoms with Gasteiger partial charge >= 0.3 is 0 Å². The first-order valence-corrected chi connectivity index (χ1v) is 14.8. The van der Waals surface area contributed by atoms with Gasteiger partial charge in [0.2, 0.25) is 11.8 Å². The molecular weight excluding hydrogens is 534 g/mol. The van der Waals surface area contributed by atoms with E-state index in [1.165, 1.54) is 17.0 Å². The molecule has 1 atom stereocenters. The van der Waals surface area contributed by atoms with Crippen LogP contribution in [0.25, 0.3) is 0 Å². The Balaban J connectivity index is 2.02. The van der Waals surface area contributed by atoms with E-state index in [0.717, 1.165) is 28.3 Å². The van der Waals surface area contributed by atoms with Crippen LogP contribution < -0.4 is 9.62 Å². The third-order valence-electron chi connectivity index (χ3n) is 6.47. The van der Waals surface area contributed by atoms with Crippen molar-refractivity contribution in [3.8, 4) is 0 Å². The van der Waals surface area contributed by atoms with E-state index in [0.29, 0.717) is 22.8 Å². The highest BCUT2D eigenvalue weighted by atomic mass is 35.5. The molecule has 3 aromatic rings. The van der Waals surface area contributed by atoms with Crippen LogP contribution in [0.4, 0.5) is 5.69 Å². The highest BCUT2D eigenvalue weighted by Gasteiger charge is 2.33. The molecule has 7 nitrogen and oxygen atoms in total. The SMILES string of the molecule is CCCCNC(=O)C(C)N(Cc1cccc(Cl)c1)C(=O)CN(c1ccc(C)cc1C)S(=O)(=O)c1ccccc1. The summed E-state index contributed by atoms with van der Waals surface area (Å²) in [5, 5.41) is 3.38. The second-order valence-electron chi connectivity index (χ2n) is 9.59. The summed E-state index contributed by atoms with van der Waals surface area (Å²) in [5.41, 5.74) is 2.82. The molecule has 0 heterocycles. The van der Waals surface area contributed by atoms with Crippen molar-refractivity contribution in [3.05, 3.63) is 94.5 Å². The van der Waals surface area contributed by atoms with Gasteiger partial charge < -0.3 is 10.2 Å². The van der Waals surface area contributed by atoms with Crippen molar-refractivity contribution in [2.75, 3.05) is 17.4 Å². The number of halogens is 1. The molecule has 0 bridgehead atoms. The summed E-state index contributed by atoms with van der Waals surface area (Å²) < 4.78 is 28.9. The lowest BCUT2D eigenvalue weighted by molar-refractivity contribution is -0.139. The Kier molecular flexibility index (Phi) is 10.5. The fraction of sp³-hybridized carbons (Fsp3) is 0.333. The van der Waals surface area contributed by atoms with Crippen LogP contribution in [0.15, 0.2) is 77.7 Å². The third kappa shape index (κ3) is 7.83. The van der Waals surface area contributed by atoms with Crippen molar-refractivity contribution in [2.45, 2.75) is 58.0 Å². The Bertz CT molecular complexity index is 1400. The van der Waals surface area contributed by atoms with E-state index in [1.807, 2.05) is 39.0 Å². The van der Waals surface area contributed by atoms with E-state index in [1.54, 1.807) is 49.4 Å². The zero-order valence-electron chi connectivity index (χ0n) is 22.9. The lowest BCUT2D eigenvalue weighted by Gasteiger charge is -2.32. The molecule has 0 aliphatic carbocycles. The van der Waals surface area contributed by atoms with Gasteiger partial charge in [-0.25, -0.2) is 8.42 Å². The van der Waals surface area contributed by atoms with Crippen LogP contribution in [-0.2, 0) is 26.2 Å². The number of carbonyl (C=O) groups excluding carboxylic acids is 2. The minimum absolute atomic E-state index is 0.0736.